The number of methoxy groups -OCH3 is 1. The smallest absolute Gasteiger partial charge is 0.452 e. The summed E-state index contributed by atoms with van der Waals surface area (Å²) in [5, 5.41) is 4.33. The van der Waals surface area contributed by atoms with Crippen LogP contribution in [0.2, 0.25) is 0 Å². The first-order chi connectivity index (χ1) is 13.2. The van der Waals surface area contributed by atoms with E-state index in [1.54, 1.807) is 12.1 Å². The quantitative estimate of drug-likeness (QED) is 0.540. The number of hydrogen-bond donors (Lipinski definition) is 1. The summed E-state index contributed by atoms with van der Waals surface area (Å²) in [5.74, 6) is 0.443. The van der Waals surface area contributed by atoms with Crippen molar-refractivity contribution in [3.05, 3.63) is 54.4 Å². The number of carbonyl (C=O) groups excluding carboxylic acids is 1. The average molecular weight is 391 g/mol. The van der Waals surface area contributed by atoms with E-state index in [4.69, 9.17) is 5.73 Å². The summed E-state index contributed by atoms with van der Waals surface area (Å²) in [6.45, 7) is 1.86. The Morgan fingerprint density at radius 1 is 1.18 bits per heavy atom. The number of hydrogen-bond acceptors (Lipinski definition) is 5. The van der Waals surface area contributed by atoms with Crippen molar-refractivity contribution in [1.82, 2.24) is 14.8 Å². The topological polar surface area (TPSA) is 86.3 Å². The SMILES string of the molecule is COC(=O)N(c1ccc(-n2cnc(-c3ccc(N)c(C)c3)n2)cc1)C(F)(F)F. The highest BCUT2D eigenvalue weighted by molar-refractivity contribution is 5.88. The maximum absolute atomic E-state index is 13.1. The van der Waals surface area contributed by atoms with Crippen molar-refractivity contribution in [1.29, 1.82) is 0 Å². The van der Waals surface area contributed by atoms with Gasteiger partial charge in [0.15, 0.2) is 5.82 Å². The number of amides is 1. The Morgan fingerprint density at radius 2 is 1.86 bits per heavy atom. The highest BCUT2D eigenvalue weighted by Crippen LogP contribution is 2.30. The lowest BCUT2D eigenvalue weighted by Crippen LogP contribution is -2.43. The molecule has 1 aromatic heterocycles. The predicted octanol–water partition coefficient (Wildman–Crippen LogP) is 3.92. The number of benzene rings is 2. The van der Waals surface area contributed by atoms with E-state index in [9.17, 15) is 18.0 Å². The molecule has 1 heterocycles. The Balaban J connectivity index is 1.89. The molecule has 0 aliphatic rings. The van der Waals surface area contributed by atoms with Crippen LogP contribution < -0.4 is 10.6 Å². The van der Waals surface area contributed by atoms with Crippen molar-refractivity contribution in [2.24, 2.45) is 0 Å². The minimum atomic E-state index is -4.91. The van der Waals surface area contributed by atoms with Crippen LogP contribution in [-0.2, 0) is 4.74 Å². The summed E-state index contributed by atoms with van der Waals surface area (Å²) >= 11 is 0. The molecule has 0 spiro atoms. The van der Waals surface area contributed by atoms with E-state index in [2.05, 4.69) is 14.8 Å². The lowest BCUT2D eigenvalue weighted by molar-refractivity contribution is -0.124. The number of nitrogens with two attached hydrogens (primary N) is 1. The molecule has 0 saturated carbocycles. The van der Waals surface area contributed by atoms with Crippen molar-refractivity contribution in [2.75, 3.05) is 17.7 Å². The summed E-state index contributed by atoms with van der Waals surface area (Å²) in [4.78, 5) is 15.3. The number of ether oxygens (including phenoxy) is 1. The van der Waals surface area contributed by atoms with Crippen molar-refractivity contribution < 1.29 is 22.7 Å². The lowest BCUT2D eigenvalue weighted by Gasteiger charge is -2.23. The zero-order valence-electron chi connectivity index (χ0n) is 14.9. The normalized spacial score (nSPS) is 11.3. The Morgan fingerprint density at radius 3 is 2.43 bits per heavy atom. The molecule has 7 nitrogen and oxygen atoms in total. The fourth-order valence-corrected chi connectivity index (χ4v) is 2.54. The Hall–Kier alpha value is -3.56. The highest BCUT2D eigenvalue weighted by atomic mass is 19.4. The third kappa shape index (κ3) is 3.75. The van der Waals surface area contributed by atoms with E-state index in [-0.39, 0.29) is 10.6 Å². The molecule has 0 atom stereocenters. The van der Waals surface area contributed by atoms with Gasteiger partial charge in [0.1, 0.15) is 6.33 Å². The number of nitrogen functional groups attached to an aromatic ring is 1. The largest absolute Gasteiger partial charge is 0.494 e. The molecule has 3 aromatic rings. The molecule has 1 amide bonds. The first-order valence-corrected chi connectivity index (χ1v) is 8.04. The van der Waals surface area contributed by atoms with E-state index in [0.717, 1.165) is 30.4 Å². The highest BCUT2D eigenvalue weighted by Gasteiger charge is 2.43. The van der Waals surface area contributed by atoms with Gasteiger partial charge in [0, 0.05) is 11.3 Å². The molecule has 0 unspecified atom stereocenters. The van der Waals surface area contributed by atoms with E-state index in [1.807, 2.05) is 13.0 Å². The van der Waals surface area contributed by atoms with Gasteiger partial charge >= 0.3 is 12.4 Å². The van der Waals surface area contributed by atoms with Crippen molar-refractivity contribution in [2.45, 2.75) is 13.2 Å². The average Bonchev–Trinajstić information content (AvgIpc) is 3.13. The maximum atomic E-state index is 13.1. The van der Waals surface area contributed by atoms with Gasteiger partial charge in [-0.25, -0.2) is 14.5 Å². The molecular weight excluding hydrogens is 375 g/mol. The van der Waals surface area contributed by atoms with Crippen LogP contribution in [0.15, 0.2) is 48.8 Å². The van der Waals surface area contributed by atoms with Gasteiger partial charge < -0.3 is 10.5 Å². The summed E-state index contributed by atoms with van der Waals surface area (Å²) in [7, 11) is 0.880. The van der Waals surface area contributed by atoms with Gasteiger partial charge in [-0.1, -0.05) is 0 Å². The zero-order valence-corrected chi connectivity index (χ0v) is 14.9. The van der Waals surface area contributed by atoms with Crippen molar-refractivity contribution in [3.8, 4) is 17.1 Å². The molecule has 0 radical (unpaired) electrons. The van der Waals surface area contributed by atoms with Crippen LogP contribution in [0.1, 0.15) is 5.56 Å². The standard InChI is InChI=1S/C18H16F3N5O2/c1-11-9-12(3-8-15(11)22)16-23-10-25(24-16)13-4-6-14(7-5-13)26(17(27)28-2)18(19,20)21/h3-10H,22H2,1-2H3. The second-order valence-corrected chi connectivity index (χ2v) is 5.87. The van der Waals surface area contributed by atoms with Crippen molar-refractivity contribution >= 4 is 17.5 Å². The lowest BCUT2D eigenvalue weighted by atomic mass is 10.1. The fourth-order valence-electron chi connectivity index (χ4n) is 2.54. The molecule has 2 N–H and O–H groups in total. The summed E-state index contributed by atoms with van der Waals surface area (Å²) in [6, 6.07) is 10.5. The van der Waals surface area contributed by atoms with Gasteiger partial charge in [0.25, 0.3) is 0 Å². The number of anilines is 2. The molecule has 0 aliphatic heterocycles. The second kappa shape index (κ2) is 7.22. The number of halogens is 3. The van der Waals surface area contributed by atoms with Crippen LogP contribution in [0.4, 0.5) is 29.3 Å². The summed E-state index contributed by atoms with van der Waals surface area (Å²) < 4.78 is 44.9. The predicted molar refractivity (Wildman–Crippen MR) is 96.9 cm³/mol. The number of rotatable bonds is 3. The second-order valence-electron chi connectivity index (χ2n) is 5.87. The van der Waals surface area contributed by atoms with Gasteiger partial charge in [0.05, 0.1) is 18.5 Å². The Kier molecular flexibility index (Phi) is 4.95. The van der Waals surface area contributed by atoms with Crippen LogP contribution in [0.25, 0.3) is 17.1 Å². The monoisotopic (exact) mass is 391 g/mol. The summed E-state index contributed by atoms with van der Waals surface area (Å²) in [6.07, 6.45) is -5.00. The minimum absolute atomic E-state index is 0.377. The van der Waals surface area contributed by atoms with E-state index in [0.29, 0.717) is 17.2 Å². The molecule has 2 aromatic carbocycles. The fraction of sp³-hybridized carbons (Fsp3) is 0.167. The number of aromatic nitrogens is 3. The van der Waals surface area contributed by atoms with Crippen LogP contribution in [0.5, 0.6) is 0 Å². The number of aryl methyl sites for hydroxylation is 1. The molecule has 28 heavy (non-hydrogen) atoms. The molecule has 0 bridgehead atoms. The molecule has 0 fully saturated rings. The van der Waals surface area contributed by atoms with Gasteiger partial charge in [-0.05, 0) is 55.0 Å². The van der Waals surface area contributed by atoms with E-state index in [1.165, 1.54) is 23.1 Å². The van der Waals surface area contributed by atoms with Crippen LogP contribution in [0, 0.1) is 6.92 Å². The molecule has 10 heteroatoms. The molecule has 0 saturated heterocycles. The van der Waals surface area contributed by atoms with Crippen LogP contribution in [-0.4, -0.2) is 34.3 Å². The van der Waals surface area contributed by atoms with E-state index >= 15 is 0 Å². The third-order valence-corrected chi connectivity index (χ3v) is 4.00. The first-order valence-electron chi connectivity index (χ1n) is 8.04. The zero-order chi connectivity index (χ0) is 20.5. The Labute approximate surface area is 158 Å². The third-order valence-electron chi connectivity index (χ3n) is 4.00. The maximum Gasteiger partial charge on any atom is 0.494 e. The number of nitrogens with zero attached hydrogens (tertiary/aromatic N) is 4. The number of carbonyl (C=O) groups is 1. The molecule has 146 valence electrons. The van der Waals surface area contributed by atoms with E-state index < -0.39 is 12.4 Å². The summed E-state index contributed by atoms with van der Waals surface area (Å²) in [5.41, 5.74) is 8.19. The minimum Gasteiger partial charge on any atom is -0.452 e. The first kappa shape index (κ1) is 19.2. The molecule has 3 rings (SSSR count). The van der Waals surface area contributed by atoms with Crippen molar-refractivity contribution in [3.63, 3.8) is 0 Å². The van der Waals surface area contributed by atoms with Crippen LogP contribution in [0.3, 0.4) is 0 Å². The molecule has 0 aliphatic carbocycles. The van der Waals surface area contributed by atoms with Gasteiger partial charge in [-0.2, -0.15) is 4.90 Å². The Bertz CT molecular complexity index is 999. The number of alkyl halides is 3. The van der Waals surface area contributed by atoms with Gasteiger partial charge in [-0.3, -0.25) is 0 Å². The van der Waals surface area contributed by atoms with Crippen LogP contribution >= 0.6 is 0 Å². The van der Waals surface area contributed by atoms with Gasteiger partial charge in [-0.15, -0.1) is 18.3 Å². The molecular formula is C18H16F3N5O2. The van der Waals surface area contributed by atoms with Gasteiger partial charge in [0.2, 0.25) is 0 Å².